The van der Waals surface area contributed by atoms with Gasteiger partial charge in [0, 0.05) is 36.6 Å². The average Bonchev–Trinajstić information content (AvgIpc) is 2.61. The van der Waals surface area contributed by atoms with E-state index in [9.17, 15) is 13.2 Å². The predicted octanol–water partition coefficient (Wildman–Crippen LogP) is 2.68. The summed E-state index contributed by atoms with van der Waals surface area (Å²) in [6.45, 7) is 2.56. The Bertz CT molecular complexity index is 703. The molecule has 1 unspecified atom stereocenters. The number of halogens is 3. The van der Waals surface area contributed by atoms with E-state index >= 15 is 0 Å². The van der Waals surface area contributed by atoms with Crippen LogP contribution in [-0.2, 0) is 13.0 Å². The highest BCUT2D eigenvalue weighted by Crippen LogP contribution is 2.24. The zero-order valence-corrected chi connectivity index (χ0v) is 13.8. The minimum absolute atomic E-state index is 0.135. The summed E-state index contributed by atoms with van der Waals surface area (Å²) in [7, 11) is 0. The minimum Gasteiger partial charge on any atom is -0.327 e. The van der Waals surface area contributed by atoms with Gasteiger partial charge in [0.15, 0.2) is 11.6 Å². The summed E-state index contributed by atoms with van der Waals surface area (Å²) in [5, 5.41) is 0. The van der Waals surface area contributed by atoms with Crippen molar-refractivity contribution in [3.05, 3.63) is 59.4 Å². The van der Waals surface area contributed by atoms with E-state index in [1.165, 1.54) is 6.33 Å². The highest BCUT2D eigenvalue weighted by Gasteiger charge is 2.25. The van der Waals surface area contributed by atoms with Crippen LogP contribution in [0, 0.1) is 23.4 Å². The molecule has 1 aromatic heterocycles. The quantitative estimate of drug-likeness (QED) is 0.843. The fourth-order valence-electron chi connectivity index (χ4n) is 3.35. The molecule has 0 amide bonds. The molecule has 0 aliphatic carbocycles. The van der Waals surface area contributed by atoms with Crippen molar-refractivity contribution in [2.24, 2.45) is 11.7 Å². The third kappa shape index (κ3) is 4.55. The third-order valence-corrected chi connectivity index (χ3v) is 4.80. The number of piperidine rings is 1. The van der Waals surface area contributed by atoms with Crippen LogP contribution >= 0.6 is 0 Å². The van der Waals surface area contributed by atoms with Crippen LogP contribution in [0.25, 0.3) is 0 Å². The monoisotopic (exact) mass is 350 g/mol. The average molecular weight is 350 g/mol. The maximum atomic E-state index is 13.8. The normalized spacial score (nSPS) is 17.6. The fraction of sp³-hybridized carbons (Fsp3) is 0.444. The molecular weight excluding hydrogens is 329 g/mol. The molecule has 7 heteroatoms. The SMILES string of the molecule is NC(Cc1cc(F)c(F)cc1F)C1CCN(Cc2cncnc2)CC1. The Hall–Kier alpha value is -1.99. The molecule has 2 heterocycles. The molecular formula is C18H21F3N4. The summed E-state index contributed by atoms with van der Waals surface area (Å²) in [6.07, 6.45) is 7.10. The van der Waals surface area contributed by atoms with Gasteiger partial charge in [0.2, 0.25) is 0 Å². The Kier molecular flexibility index (Phi) is 5.65. The maximum absolute atomic E-state index is 13.8. The summed E-state index contributed by atoms with van der Waals surface area (Å²) < 4.78 is 40.1. The van der Waals surface area contributed by atoms with Crippen molar-refractivity contribution < 1.29 is 13.2 Å². The summed E-state index contributed by atoms with van der Waals surface area (Å²) in [5.74, 6) is -2.72. The highest BCUT2D eigenvalue weighted by molar-refractivity contribution is 5.21. The molecule has 2 aromatic rings. The first-order valence-electron chi connectivity index (χ1n) is 8.38. The van der Waals surface area contributed by atoms with E-state index in [4.69, 9.17) is 5.73 Å². The van der Waals surface area contributed by atoms with Crippen molar-refractivity contribution in [3.63, 3.8) is 0 Å². The van der Waals surface area contributed by atoms with Crippen molar-refractivity contribution in [1.82, 2.24) is 14.9 Å². The predicted molar refractivity (Wildman–Crippen MR) is 88.0 cm³/mol. The van der Waals surface area contributed by atoms with Crippen LogP contribution in [-0.4, -0.2) is 34.0 Å². The van der Waals surface area contributed by atoms with Gasteiger partial charge in [-0.15, -0.1) is 0 Å². The van der Waals surface area contributed by atoms with Gasteiger partial charge < -0.3 is 5.73 Å². The number of hydrogen-bond acceptors (Lipinski definition) is 4. The molecule has 1 fully saturated rings. The standard InChI is InChI=1S/C18H21F3N4/c19-15-7-17(21)16(20)5-14(15)6-18(22)13-1-3-25(4-2-13)10-12-8-23-11-24-9-12/h5,7-9,11,13,18H,1-4,6,10,22H2. The molecule has 1 atom stereocenters. The second-order valence-corrected chi connectivity index (χ2v) is 6.59. The van der Waals surface area contributed by atoms with Crippen LogP contribution in [0.1, 0.15) is 24.0 Å². The van der Waals surface area contributed by atoms with Crippen molar-refractivity contribution >= 4 is 0 Å². The third-order valence-electron chi connectivity index (χ3n) is 4.80. The van der Waals surface area contributed by atoms with Gasteiger partial charge in [-0.2, -0.15) is 0 Å². The van der Waals surface area contributed by atoms with E-state index in [0.29, 0.717) is 6.07 Å². The second kappa shape index (κ2) is 7.93. The molecule has 0 saturated carbocycles. The number of hydrogen-bond donors (Lipinski definition) is 1. The molecule has 1 aliphatic heterocycles. The van der Waals surface area contributed by atoms with Gasteiger partial charge in [0.05, 0.1) is 0 Å². The van der Waals surface area contributed by atoms with E-state index < -0.39 is 17.5 Å². The highest BCUT2D eigenvalue weighted by atomic mass is 19.2. The number of aromatic nitrogens is 2. The molecule has 3 rings (SSSR count). The van der Waals surface area contributed by atoms with Crippen LogP contribution in [0.3, 0.4) is 0 Å². The number of nitrogens with two attached hydrogens (primary N) is 1. The summed E-state index contributed by atoms with van der Waals surface area (Å²) >= 11 is 0. The van der Waals surface area contributed by atoms with Crippen LogP contribution in [0.15, 0.2) is 30.9 Å². The molecule has 2 N–H and O–H groups in total. The lowest BCUT2D eigenvalue weighted by atomic mass is 9.86. The van der Waals surface area contributed by atoms with Gasteiger partial charge in [-0.1, -0.05) is 0 Å². The molecule has 0 radical (unpaired) electrons. The van der Waals surface area contributed by atoms with Crippen molar-refractivity contribution in [1.29, 1.82) is 0 Å². The van der Waals surface area contributed by atoms with Crippen molar-refractivity contribution in [2.75, 3.05) is 13.1 Å². The van der Waals surface area contributed by atoms with Gasteiger partial charge in [0.25, 0.3) is 0 Å². The lowest BCUT2D eigenvalue weighted by Gasteiger charge is -2.34. The largest absolute Gasteiger partial charge is 0.327 e. The molecule has 4 nitrogen and oxygen atoms in total. The number of nitrogens with zero attached hydrogens (tertiary/aromatic N) is 3. The van der Waals surface area contributed by atoms with Gasteiger partial charge >= 0.3 is 0 Å². The van der Waals surface area contributed by atoms with Crippen LogP contribution in [0.5, 0.6) is 0 Å². The lowest BCUT2D eigenvalue weighted by Crippen LogP contribution is -2.41. The van der Waals surface area contributed by atoms with Gasteiger partial charge in [-0.25, -0.2) is 23.1 Å². The zero-order valence-electron chi connectivity index (χ0n) is 13.8. The minimum atomic E-state index is -1.17. The Morgan fingerprint density at radius 1 is 1.04 bits per heavy atom. The molecule has 1 aromatic carbocycles. The van der Waals surface area contributed by atoms with E-state index in [1.54, 1.807) is 12.4 Å². The van der Waals surface area contributed by atoms with Gasteiger partial charge in [0.1, 0.15) is 12.1 Å². The summed E-state index contributed by atoms with van der Waals surface area (Å²) in [4.78, 5) is 10.3. The number of rotatable bonds is 5. The molecule has 1 aliphatic rings. The van der Waals surface area contributed by atoms with E-state index in [1.807, 2.05) is 0 Å². The van der Waals surface area contributed by atoms with Crippen LogP contribution < -0.4 is 5.73 Å². The smallest absolute Gasteiger partial charge is 0.161 e. The summed E-state index contributed by atoms with van der Waals surface area (Å²) in [6, 6.07) is 1.22. The number of likely N-dealkylation sites (tertiary alicyclic amines) is 1. The lowest BCUT2D eigenvalue weighted by molar-refractivity contribution is 0.161. The fourth-order valence-corrected chi connectivity index (χ4v) is 3.35. The van der Waals surface area contributed by atoms with E-state index in [-0.39, 0.29) is 23.9 Å². The topological polar surface area (TPSA) is 55.0 Å². The summed E-state index contributed by atoms with van der Waals surface area (Å²) in [5.41, 5.74) is 7.41. The van der Waals surface area contributed by atoms with Crippen molar-refractivity contribution in [2.45, 2.75) is 31.8 Å². The molecule has 25 heavy (non-hydrogen) atoms. The first-order valence-corrected chi connectivity index (χ1v) is 8.38. The maximum Gasteiger partial charge on any atom is 0.161 e. The first-order chi connectivity index (χ1) is 12.0. The van der Waals surface area contributed by atoms with Gasteiger partial charge in [-0.3, -0.25) is 4.90 Å². The zero-order chi connectivity index (χ0) is 17.8. The van der Waals surface area contributed by atoms with Crippen molar-refractivity contribution in [3.8, 4) is 0 Å². The van der Waals surface area contributed by atoms with E-state index in [0.717, 1.165) is 44.1 Å². The second-order valence-electron chi connectivity index (χ2n) is 6.59. The molecule has 0 spiro atoms. The first kappa shape index (κ1) is 17.8. The Balaban J connectivity index is 1.53. The van der Waals surface area contributed by atoms with E-state index in [2.05, 4.69) is 14.9 Å². The van der Waals surface area contributed by atoms with Crippen LogP contribution in [0.4, 0.5) is 13.2 Å². The number of benzene rings is 1. The Morgan fingerprint density at radius 2 is 1.68 bits per heavy atom. The molecule has 1 saturated heterocycles. The molecule has 0 bridgehead atoms. The molecule has 134 valence electrons. The Labute approximate surface area is 144 Å². The van der Waals surface area contributed by atoms with Gasteiger partial charge in [-0.05, 0) is 49.9 Å². The Morgan fingerprint density at radius 3 is 2.36 bits per heavy atom. The van der Waals surface area contributed by atoms with Crippen LogP contribution in [0.2, 0.25) is 0 Å².